The van der Waals surface area contributed by atoms with Crippen molar-refractivity contribution in [3.63, 3.8) is 0 Å². The van der Waals surface area contributed by atoms with Gasteiger partial charge >= 0.3 is 0 Å². The Bertz CT molecular complexity index is 1980. The maximum absolute atomic E-state index is 13.5. The third-order valence-electron chi connectivity index (χ3n) is 7.24. The van der Waals surface area contributed by atoms with Crippen LogP contribution in [0, 0.1) is 6.92 Å². The zero-order valence-electron chi connectivity index (χ0n) is 26.0. The molecule has 1 aromatic heterocycles. The van der Waals surface area contributed by atoms with Crippen LogP contribution >= 0.6 is 11.8 Å². The fourth-order valence-corrected chi connectivity index (χ4v) is 5.46. The number of anilines is 2. The van der Waals surface area contributed by atoms with Crippen LogP contribution in [0.15, 0.2) is 125 Å². The maximum Gasteiger partial charge on any atom is 0.295 e. The summed E-state index contributed by atoms with van der Waals surface area (Å²) in [5, 5.41) is 8.33. The molecular formula is C36H33N5O5S. The Morgan fingerprint density at radius 1 is 0.851 bits per heavy atom. The van der Waals surface area contributed by atoms with Crippen molar-refractivity contribution in [1.29, 1.82) is 0 Å². The second-order valence-electron chi connectivity index (χ2n) is 10.4. The lowest BCUT2D eigenvalue weighted by atomic mass is 10.1. The number of nitrogens with one attached hydrogen (secondary N) is 3. The van der Waals surface area contributed by atoms with Crippen LogP contribution in [0.2, 0.25) is 0 Å². The molecule has 1 heterocycles. The number of amides is 3. The van der Waals surface area contributed by atoms with Crippen LogP contribution in [0.1, 0.15) is 21.6 Å². The van der Waals surface area contributed by atoms with Gasteiger partial charge in [-0.05, 0) is 73.2 Å². The molecule has 4 aromatic carbocycles. The van der Waals surface area contributed by atoms with E-state index in [0.717, 1.165) is 4.90 Å². The summed E-state index contributed by atoms with van der Waals surface area (Å²) < 4.78 is 8.42. The summed E-state index contributed by atoms with van der Waals surface area (Å²) in [4.78, 5) is 53.2. The number of rotatable bonds is 11. The highest BCUT2D eigenvalue weighted by molar-refractivity contribution is 8.00. The SMILES string of the molecule is COc1ccc(/C=C(/NC(=O)c2ccccc2)C(=O)Nc2cccc(SCC(=O)Nc3c(C)n(C)n(-c4ccccc4)c3=O)c2)cc1. The normalized spacial score (nSPS) is 11.1. The molecule has 0 aliphatic heterocycles. The van der Waals surface area contributed by atoms with Gasteiger partial charge in [-0.3, -0.25) is 23.9 Å². The molecule has 10 nitrogen and oxygen atoms in total. The van der Waals surface area contributed by atoms with Crippen LogP contribution in [0.5, 0.6) is 5.75 Å². The van der Waals surface area contributed by atoms with Crippen molar-refractivity contribution in [2.24, 2.45) is 7.05 Å². The number of ether oxygens (including phenoxy) is 1. The average Bonchev–Trinajstić information content (AvgIpc) is 3.30. The second-order valence-corrected chi connectivity index (χ2v) is 11.5. The number of para-hydroxylation sites is 1. The van der Waals surface area contributed by atoms with Crippen LogP contribution in [-0.2, 0) is 16.6 Å². The molecular weight excluding hydrogens is 614 g/mol. The van der Waals surface area contributed by atoms with Gasteiger partial charge in [0.1, 0.15) is 17.1 Å². The summed E-state index contributed by atoms with van der Waals surface area (Å²) in [6, 6.07) is 31.9. The summed E-state index contributed by atoms with van der Waals surface area (Å²) in [6.45, 7) is 1.77. The smallest absolute Gasteiger partial charge is 0.295 e. The van der Waals surface area contributed by atoms with Gasteiger partial charge in [-0.25, -0.2) is 4.68 Å². The molecule has 0 atom stereocenters. The molecule has 47 heavy (non-hydrogen) atoms. The Kier molecular flexibility index (Phi) is 10.4. The molecule has 5 aromatic rings. The molecule has 5 rings (SSSR count). The van der Waals surface area contributed by atoms with Crippen LogP contribution in [0.25, 0.3) is 11.8 Å². The summed E-state index contributed by atoms with van der Waals surface area (Å²) >= 11 is 1.26. The van der Waals surface area contributed by atoms with E-state index in [1.54, 1.807) is 105 Å². The molecule has 0 radical (unpaired) electrons. The number of carbonyl (C=O) groups is 3. The van der Waals surface area contributed by atoms with E-state index >= 15 is 0 Å². The van der Waals surface area contributed by atoms with Crippen molar-refractivity contribution in [3.05, 3.63) is 142 Å². The maximum atomic E-state index is 13.5. The Labute approximate surface area is 276 Å². The molecule has 0 bridgehead atoms. The van der Waals surface area contributed by atoms with Crippen molar-refractivity contribution in [2.45, 2.75) is 11.8 Å². The number of benzene rings is 4. The van der Waals surface area contributed by atoms with Gasteiger partial charge in [-0.2, -0.15) is 0 Å². The van der Waals surface area contributed by atoms with E-state index < -0.39 is 11.8 Å². The number of hydrogen-bond acceptors (Lipinski definition) is 6. The van der Waals surface area contributed by atoms with Gasteiger partial charge in [-0.15, -0.1) is 11.8 Å². The predicted molar refractivity (Wildman–Crippen MR) is 185 cm³/mol. The monoisotopic (exact) mass is 647 g/mol. The molecule has 0 aliphatic carbocycles. The first-order chi connectivity index (χ1) is 22.7. The Balaban J connectivity index is 1.27. The number of nitrogens with zero attached hydrogens (tertiary/aromatic N) is 2. The topological polar surface area (TPSA) is 123 Å². The van der Waals surface area contributed by atoms with Gasteiger partial charge in [0, 0.05) is 23.2 Å². The van der Waals surface area contributed by atoms with E-state index in [2.05, 4.69) is 16.0 Å². The van der Waals surface area contributed by atoms with Crippen LogP contribution in [0.3, 0.4) is 0 Å². The van der Waals surface area contributed by atoms with Gasteiger partial charge in [0.2, 0.25) is 5.91 Å². The minimum atomic E-state index is -0.528. The number of thioether (sulfide) groups is 1. The van der Waals surface area contributed by atoms with E-state index in [4.69, 9.17) is 4.74 Å². The quantitative estimate of drug-likeness (QED) is 0.126. The van der Waals surface area contributed by atoms with Crippen molar-refractivity contribution < 1.29 is 19.1 Å². The van der Waals surface area contributed by atoms with E-state index in [1.165, 1.54) is 16.4 Å². The lowest BCUT2D eigenvalue weighted by molar-refractivity contribution is -0.114. The van der Waals surface area contributed by atoms with Crippen molar-refractivity contribution in [2.75, 3.05) is 23.5 Å². The van der Waals surface area contributed by atoms with Gasteiger partial charge in [0.25, 0.3) is 17.4 Å². The third-order valence-corrected chi connectivity index (χ3v) is 8.23. The van der Waals surface area contributed by atoms with E-state index in [9.17, 15) is 19.2 Å². The van der Waals surface area contributed by atoms with Crippen molar-refractivity contribution >= 4 is 46.9 Å². The number of carbonyl (C=O) groups excluding carboxylic acids is 3. The molecule has 0 unspecified atom stereocenters. The highest BCUT2D eigenvalue weighted by Crippen LogP contribution is 2.23. The van der Waals surface area contributed by atoms with E-state index in [1.807, 2.05) is 36.4 Å². The minimum Gasteiger partial charge on any atom is -0.497 e. The molecule has 0 saturated carbocycles. The fourth-order valence-electron chi connectivity index (χ4n) is 4.71. The lowest BCUT2D eigenvalue weighted by Crippen LogP contribution is -2.30. The summed E-state index contributed by atoms with van der Waals surface area (Å²) in [5.74, 6) is -0.609. The highest BCUT2D eigenvalue weighted by Gasteiger charge is 2.19. The third kappa shape index (κ3) is 8.08. The Hall–Kier alpha value is -5.81. The summed E-state index contributed by atoms with van der Waals surface area (Å²) in [6.07, 6.45) is 1.58. The Morgan fingerprint density at radius 2 is 1.53 bits per heavy atom. The zero-order chi connectivity index (χ0) is 33.3. The largest absolute Gasteiger partial charge is 0.497 e. The number of hydrogen-bond donors (Lipinski definition) is 3. The molecule has 3 N–H and O–H groups in total. The molecule has 0 spiro atoms. The van der Waals surface area contributed by atoms with Gasteiger partial charge in [-0.1, -0.05) is 54.6 Å². The summed E-state index contributed by atoms with van der Waals surface area (Å²) in [5.41, 5.74) is 2.82. The van der Waals surface area contributed by atoms with Gasteiger partial charge in [0.15, 0.2) is 0 Å². The van der Waals surface area contributed by atoms with Crippen molar-refractivity contribution in [3.8, 4) is 11.4 Å². The number of methoxy groups -OCH3 is 1. The molecule has 0 fully saturated rings. The zero-order valence-corrected chi connectivity index (χ0v) is 26.8. The summed E-state index contributed by atoms with van der Waals surface area (Å²) in [7, 11) is 3.33. The fraction of sp³-hybridized carbons (Fsp3) is 0.111. The lowest BCUT2D eigenvalue weighted by Gasteiger charge is -2.12. The van der Waals surface area contributed by atoms with E-state index in [-0.39, 0.29) is 28.6 Å². The first kappa shape index (κ1) is 32.6. The standard InChI is InChI=1S/C36H33N5O5S/c1-24-33(36(45)41(40(24)2)28-14-8-5-9-15-28)39-32(42)23-47-30-16-10-13-27(22-30)37-35(44)31(21-25-17-19-29(46-3)20-18-25)38-34(43)26-11-6-4-7-12-26/h4-22H,23H2,1-3H3,(H,37,44)(H,38,43)(H,39,42)/b31-21+. The molecule has 3 amide bonds. The molecule has 238 valence electrons. The second kappa shape index (κ2) is 15.0. The highest BCUT2D eigenvalue weighted by atomic mass is 32.2. The van der Waals surface area contributed by atoms with Gasteiger partial charge < -0.3 is 20.7 Å². The van der Waals surface area contributed by atoms with Gasteiger partial charge in [0.05, 0.1) is 24.2 Å². The average molecular weight is 648 g/mol. The minimum absolute atomic E-state index is 0.0340. The van der Waals surface area contributed by atoms with E-state index in [0.29, 0.717) is 33.9 Å². The Morgan fingerprint density at radius 3 is 2.21 bits per heavy atom. The molecule has 0 aliphatic rings. The molecule has 11 heteroatoms. The predicted octanol–water partition coefficient (Wildman–Crippen LogP) is 5.63. The molecule has 0 saturated heterocycles. The van der Waals surface area contributed by atoms with Crippen LogP contribution in [0.4, 0.5) is 11.4 Å². The first-order valence-corrected chi connectivity index (χ1v) is 15.6. The van der Waals surface area contributed by atoms with Crippen LogP contribution in [-0.4, -0.2) is 39.9 Å². The van der Waals surface area contributed by atoms with Crippen molar-refractivity contribution in [1.82, 2.24) is 14.7 Å². The first-order valence-electron chi connectivity index (χ1n) is 14.6. The van der Waals surface area contributed by atoms with Crippen LogP contribution < -0.4 is 26.2 Å². The number of aromatic nitrogens is 2.